The summed E-state index contributed by atoms with van der Waals surface area (Å²) >= 11 is 0. The monoisotopic (exact) mass is 369 g/mol. The highest BCUT2D eigenvalue weighted by atomic mass is 16.5. The number of fused-ring (bicyclic) bond motifs is 1. The van der Waals surface area contributed by atoms with E-state index in [1.807, 2.05) is 24.3 Å². The number of rotatable bonds is 6. The number of nitrogens with one attached hydrogen (secondary N) is 1. The average Bonchev–Trinajstić information content (AvgIpc) is 2.67. The highest BCUT2D eigenvalue weighted by Crippen LogP contribution is 2.29. The highest BCUT2D eigenvalue weighted by molar-refractivity contribution is 5.94. The van der Waals surface area contributed by atoms with E-state index in [0.717, 1.165) is 11.1 Å². The minimum Gasteiger partial charge on any atom is -0.497 e. The van der Waals surface area contributed by atoms with Gasteiger partial charge < -0.3 is 20.5 Å². The van der Waals surface area contributed by atoms with Gasteiger partial charge in [-0.15, -0.1) is 0 Å². The molecule has 0 unspecified atom stereocenters. The van der Waals surface area contributed by atoms with Gasteiger partial charge in [0, 0.05) is 12.6 Å². The van der Waals surface area contributed by atoms with Gasteiger partial charge in [0.15, 0.2) is 0 Å². The van der Waals surface area contributed by atoms with Gasteiger partial charge in [-0.25, -0.2) is 0 Å². The van der Waals surface area contributed by atoms with Crippen molar-refractivity contribution in [2.75, 3.05) is 26.1 Å². The van der Waals surface area contributed by atoms with Crippen molar-refractivity contribution in [1.29, 1.82) is 0 Å². The van der Waals surface area contributed by atoms with Gasteiger partial charge in [-0.1, -0.05) is 24.3 Å². The van der Waals surface area contributed by atoms with Crippen molar-refractivity contribution >= 4 is 17.5 Å². The maximum atomic E-state index is 12.6. The van der Waals surface area contributed by atoms with Crippen molar-refractivity contribution in [3.05, 3.63) is 53.6 Å². The number of benzene rings is 2. The van der Waals surface area contributed by atoms with Gasteiger partial charge >= 0.3 is 0 Å². The van der Waals surface area contributed by atoms with Crippen LogP contribution in [0.3, 0.4) is 0 Å². The standard InChI is InChI=1S/C20H23N3O4/c1-26-15-7-8-18(27-2)16(10-15)22-19(24)12-23-11-14-6-4-3-5-13(14)9-17(23)20(21)25/h3-8,10,17H,9,11-12H2,1-2H3,(H2,21,25)(H,22,24)/t17-/m1/s1. The van der Waals surface area contributed by atoms with Gasteiger partial charge in [0.25, 0.3) is 0 Å². The van der Waals surface area contributed by atoms with E-state index in [1.165, 1.54) is 7.11 Å². The summed E-state index contributed by atoms with van der Waals surface area (Å²) in [4.78, 5) is 26.3. The highest BCUT2D eigenvalue weighted by Gasteiger charge is 2.31. The summed E-state index contributed by atoms with van der Waals surface area (Å²) in [6.07, 6.45) is 0.501. The smallest absolute Gasteiger partial charge is 0.238 e. The molecule has 0 fully saturated rings. The molecule has 0 saturated heterocycles. The summed E-state index contributed by atoms with van der Waals surface area (Å²) in [5, 5.41) is 2.83. The molecule has 0 saturated carbocycles. The van der Waals surface area contributed by atoms with Crippen LogP contribution in [0.15, 0.2) is 42.5 Å². The number of ether oxygens (including phenoxy) is 2. The molecule has 2 aromatic carbocycles. The molecule has 2 aromatic rings. The average molecular weight is 369 g/mol. The second-order valence-electron chi connectivity index (χ2n) is 6.41. The van der Waals surface area contributed by atoms with Crippen LogP contribution in [0.4, 0.5) is 5.69 Å². The topological polar surface area (TPSA) is 93.9 Å². The zero-order valence-electron chi connectivity index (χ0n) is 15.4. The van der Waals surface area contributed by atoms with Crippen LogP contribution in [-0.2, 0) is 22.6 Å². The SMILES string of the molecule is COc1ccc(OC)c(NC(=O)CN2Cc3ccccc3C[C@@H]2C(N)=O)c1. The summed E-state index contributed by atoms with van der Waals surface area (Å²) in [7, 11) is 3.08. The van der Waals surface area contributed by atoms with Gasteiger partial charge in [0.05, 0.1) is 32.5 Å². The van der Waals surface area contributed by atoms with Crippen molar-refractivity contribution in [2.45, 2.75) is 19.0 Å². The van der Waals surface area contributed by atoms with Gasteiger partial charge in [-0.2, -0.15) is 0 Å². The number of hydrogen-bond donors (Lipinski definition) is 2. The summed E-state index contributed by atoms with van der Waals surface area (Å²) < 4.78 is 10.5. The Kier molecular flexibility index (Phi) is 5.61. The number of nitrogens with zero attached hydrogens (tertiary/aromatic N) is 1. The molecule has 1 aliphatic heterocycles. The van der Waals surface area contributed by atoms with Crippen molar-refractivity contribution < 1.29 is 19.1 Å². The fourth-order valence-corrected chi connectivity index (χ4v) is 3.31. The van der Waals surface area contributed by atoms with Crippen molar-refractivity contribution in [3.63, 3.8) is 0 Å². The number of carbonyl (C=O) groups excluding carboxylic acids is 2. The van der Waals surface area contributed by atoms with Crippen molar-refractivity contribution in [3.8, 4) is 11.5 Å². The molecule has 0 aromatic heterocycles. The summed E-state index contributed by atoms with van der Waals surface area (Å²) in [6, 6.07) is 12.5. The number of hydrogen-bond acceptors (Lipinski definition) is 5. The van der Waals surface area contributed by atoms with Crippen LogP contribution < -0.4 is 20.5 Å². The van der Waals surface area contributed by atoms with Crippen LogP contribution in [-0.4, -0.2) is 43.5 Å². The summed E-state index contributed by atoms with van der Waals surface area (Å²) in [5.74, 6) is 0.441. The summed E-state index contributed by atoms with van der Waals surface area (Å²) in [6.45, 7) is 0.536. The Hall–Kier alpha value is -3.06. The Morgan fingerprint density at radius 2 is 1.89 bits per heavy atom. The number of carbonyl (C=O) groups is 2. The molecule has 3 N–H and O–H groups in total. The van der Waals surface area contributed by atoms with Crippen LogP contribution >= 0.6 is 0 Å². The predicted octanol–water partition coefficient (Wildman–Crippen LogP) is 1.55. The lowest BCUT2D eigenvalue weighted by Crippen LogP contribution is -2.50. The minimum absolute atomic E-state index is 0.0440. The minimum atomic E-state index is -0.516. The van der Waals surface area contributed by atoms with E-state index in [9.17, 15) is 9.59 Å². The molecule has 0 spiro atoms. The lowest BCUT2D eigenvalue weighted by atomic mass is 9.93. The maximum absolute atomic E-state index is 12.6. The van der Waals surface area contributed by atoms with E-state index in [4.69, 9.17) is 15.2 Å². The Morgan fingerprint density at radius 3 is 2.56 bits per heavy atom. The molecule has 3 rings (SSSR count). The van der Waals surface area contributed by atoms with Gasteiger partial charge in [-0.3, -0.25) is 14.5 Å². The third kappa shape index (κ3) is 4.20. The first-order valence-corrected chi connectivity index (χ1v) is 8.64. The maximum Gasteiger partial charge on any atom is 0.238 e. The number of primary amides is 1. The first-order valence-electron chi connectivity index (χ1n) is 8.64. The van der Waals surface area contributed by atoms with E-state index < -0.39 is 11.9 Å². The van der Waals surface area contributed by atoms with Gasteiger partial charge in [0.1, 0.15) is 11.5 Å². The van der Waals surface area contributed by atoms with E-state index in [2.05, 4.69) is 5.32 Å². The molecule has 142 valence electrons. The molecule has 27 heavy (non-hydrogen) atoms. The Bertz CT molecular complexity index is 853. The molecular formula is C20H23N3O4. The lowest BCUT2D eigenvalue weighted by Gasteiger charge is -2.34. The molecule has 1 atom stereocenters. The third-order valence-electron chi connectivity index (χ3n) is 4.70. The van der Waals surface area contributed by atoms with E-state index in [1.54, 1.807) is 30.2 Å². The van der Waals surface area contributed by atoms with Crippen LogP contribution in [0.25, 0.3) is 0 Å². The largest absolute Gasteiger partial charge is 0.497 e. The quantitative estimate of drug-likeness (QED) is 0.806. The number of amides is 2. The Balaban J connectivity index is 1.76. The van der Waals surface area contributed by atoms with Crippen molar-refractivity contribution in [2.24, 2.45) is 5.73 Å². The second kappa shape index (κ2) is 8.09. The third-order valence-corrected chi connectivity index (χ3v) is 4.70. The molecule has 0 bridgehead atoms. The number of nitrogens with two attached hydrogens (primary N) is 1. The van der Waals surface area contributed by atoms with Gasteiger partial charge in [0.2, 0.25) is 11.8 Å². The molecule has 1 heterocycles. The lowest BCUT2D eigenvalue weighted by molar-refractivity contribution is -0.125. The normalized spacial score (nSPS) is 16.3. The molecule has 7 heteroatoms. The number of anilines is 1. The van der Waals surface area contributed by atoms with Gasteiger partial charge in [-0.05, 0) is 29.7 Å². The molecular weight excluding hydrogens is 346 g/mol. The molecule has 7 nitrogen and oxygen atoms in total. The predicted molar refractivity (Wildman–Crippen MR) is 102 cm³/mol. The summed E-state index contributed by atoms with van der Waals surface area (Å²) in [5.41, 5.74) is 8.28. The van der Waals surface area contributed by atoms with Crippen LogP contribution in [0.1, 0.15) is 11.1 Å². The Labute approximate surface area is 158 Å². The number of methoxy groups -OCH3 is 2. The zero-order chi connectivity index (χ0) is 19.4. The Morgan fingerprint density at radius 1 is 1.15 bits per heavy atom. The molecule has 0 aliphatic carbocycles. The molecule has 1 aliphatic rings. The zero-order valence-corrected chi connectivity index (χ0v) is 15.4. The first-order chi connectivity index (χ1) is 13.0. The van der Waals surface area contributed by atoms with E-state index in [-0.39, 0.29) is 12.5 Å². The fraction of sp³-hybridized carbons (Fsp3) is 0.300. The second-order valence-corrected chi connectivity index (χ2v) is 6.41. The molecule has 2 amide bonds. The first kappa shape index (κ1) is 18.7. The van der Waals surface area contributed by atoms with Crippen LogP contribution in [0.2, 0.25) is 0 Å². The van der Waals surface area contributed by atoms with Crippen LogP contribution in [0.5, 0.6) is 11.5 Å². The fourth-order valence-electron chi connectivity index (χ4n) is 3.31. The van der Waals surface area contributed by atoms with Crippen LogP contribution in [0, 0.1) is 0 Å². The van der Waals surface area contributed by atoms with E-state index >= 15 is 0 Å². The van der Waals surface area contributed by atoms with E-state index in [0.29, 0.717) is 30.2 Å². The molecule has 0 radical (unpaired) electrons. The van der Waals surface area contributed by atoms with Crippen molar-refractivity contribution in [1.82, 2.24) is 4.90 Å².